The van der Waals surface area contributed by atoms with Crippen molar-refractivity contribution < 1.29 is 0 Å². The Morgan fingerprint density at radius 3 is 2.69 bits per heavy atom. The van der Waals surface area contributed by atoms with Crippen LogP contribution < -0.4 is 4.90 Å². The number of benzene rings is 1. The Morgan fingerprint density at radius 2 is 1.92 bits per heavy atom. The first kappa shape index (κ1) is 17.5. The lowest BCUT2D eigenvalue weighted by molar-refractivity contribution is 0.279. The maximum absolute atomic E-state index is 4.84. The lowest BCUT2D eigenvalue weighted by Crippen LogP contribution is -2.30. The van der Waals surface area contributed by atoms with Gasteiger partial charge in [0.1, 0.15) is 11.6 Å². The number of rotatable bonds is 4. The maximum atomic E-state index is 4.84. The SMILES string of the molecule is CCCc1cnc(C)nc1N1C[C@@H]2CN(C)[C@H](c3ccccc3C)[C@@H]2C1. The van der Waals surface area contributed by atoms with Crippen LogP contribution >= 0.6 is 0 Å². The summed E-state index contributed by atoms with van der Waals surface area (Å²) in [5.41, 5.74) is 4.21. The van der Waals surface area contributed by atoms with Crippen molar-refractivity contribution in [2.75, 3.05) is 31.6 Å². The third-order valence-corrected chi connectivity index (χ3v) is 6.18. The summed E-state index contributed by atoms with van der Waals surface area (Å²) in [5.74, 6) is 3.45. The second kappa shape index (κ2) is 6.99. The molecular weight excluding hydrogens is 320 g/mol. The number of aryl methyl sites for hydroxylation is 3. The largest absolute Gasteiger partial charge is 0.356 e. The summed E-state index contributed by atoms with van der Waals surface area (Å²) in [6, 6.07) is 9.41. The van der Waals surface area contributed by atoms with Crippen molar-refractivity contribution in [2.45, 2.75) is 39.7 Å². The minimum absolute atomic E-state index is 0.517. The van der Waals surface area contributed by atoms with Crippen molar-refractivity contribution in [1.82, 2.24) is 14.9 Å². The van der Waals surface area contributed by atoms with Crippen molar-refractivity contribution in [3.8, 4) is 0 Å². The van der Waals surface area contributed by atoms with Crippen LogP contribution in [0.5, 0.6) is 0 Å². The fourth-order valence-corrected chi connectivity index (χ4v) is 5.02. The average molecular weight is 351 g/mol. The van der Waals surface area contributed by atoms with Crippen LogP contribution in [0.3, 0.4) is 0 Å². The van der Waals surface area contributed by atoms with Crippen molar-refractivity contribution in [1.29, 1.82) is 0 Å². The zero-order valence-corrected chi connectivity index (χ0v) is 16.4. The zero-order chi connectivity index (χ0) is 18.3. The standard InChI is InChI=1S/C22H30N4/c1-5-8-17-11-23-16(3)24-22(17)26-13-18-12-25(4)21(20(18)14-26)19-10-7-6-9-15(19)2/h6-7,9-11,18,20-21H,5,8,12-14H2,1-4H3/t18-,20+,21+/m0/s1. The van der Waals surface area contributed by atoms with Gasteiger partial charge in [-0.05, 0) is 44.4 Å². The molecule has 4 heteroatoms. The van der Waals surface area contributed by atoms with E-state index in [1.807, 2.05) is 13.1 Å². The van der Waals surface area contributed by atoms with Crippen LogP contribution in [-0.2, 0) is 6.42 Å². The van der Waals surface area contributed by atoms with Crippen molar-refractivity contribution in [3.63, 3.8) is 0 Å². The molecule has 0 N–H and O–H groups in total. The lowest BCUT2D eigenvalue weighted by Gasteiger charge is -2.29. The van der Waals surface area contributed by atoms with Crippen molar-refractivity contribution in [3.05, 3.63) is 53.0 Å². The summed E-state index contributed by atoms with van der Waals surface area (Å²) in [6.07, 6.45) is 4.23. The summed E-state index contributed by atoms with van der Waals surface area (Å²) in [5, 5.41) is 0. The van der Waals surface area contributed by atoms with Gasteiger partial charge in [-0.2, -0.15) is 0 Å². The molecule has 1 aromatic heterocycles. The van der Waals surface area contributed by atoms with Gasteiger partial charge in [0, 0.05) is 43.4 Å². The van der Waals surface area contributed by atoms with Gasteiger partial charge in [0.05, 0.1) is 0 Å². The Kier molecular flexibility index (Phi) is 4.70. The highest BCUT2D eigenvalue weighted by Crippen LogP contribution is 2.45. The van der Waals surface area contributed by atoms with Crippen LogP contribution in [0, 0.1) is 25.7 Å². The summed E-state index contributed by atoms with van der Waals surface area (Å²) < 4.78 is 0. The molecule has 138 valence electrons. The second-order valence-electron chi connectivity index (χ2n) is 8.09. The first-order valence-electron chi connectivity index (χ1n) is 9.91. The smallest absolute Gasteiger partial charge is 0.135 e. The first-order valence-corrected chi connectivity index (χ1v) is 9.91. The molecule has 2 aromatic rings. The normalized spacial score (nSPS) is 25.7. The molecule has 3 atom stereocenters. The second-order valence-corrected chi connectivity index (χ2v) is 8.09. The topological polar surface area (TPSA) is 32.3 Å². The lowest BCUT2D eigenvalue weighted by atomic mass is 9.88. The van der Waals surface area contributed by atoms with Crippen molar-refractivity contribution in [2.24, 2.45) is 11.8 Å². The van der Waals surface area contributed by atoms with Gasteiger partial charge in [0.25, 0.3) is 0 Å². The van der Waals surface area contributed by atoms with E-state index in [4.69, 9.17) is 4.98 Å². The Bertz CT molecular complexity index is 787. The molecule has 0 saturated carbocycles. The molecule has 0 radical (unpaired) electrons. The number of likely N-dealkylation sites (tertiary alicyclic amines) is 1. The van der Waals surface area contributed by atoms with E-state index in [9.17, 15) is 0 Å². The Hall–Kier alpha value is -1.94. The van der Waals surface area contributed by atoms with E-state index in [2.05, 4.69) is 59.9 Å². The average Bonchev–Trinajstić information content (AvgIpc) is 3.14. The van der Waals surface area contributed by atoms with E-state index in [1.54, 1.807) is 0 Å². The number of nitrogens with zero attached hydrogens (tertiary/aromatic N) is 4. The molecule has 0 spiro atoms. The molecule has 26 heavy (non-hydrogen) atoms. The molecule has 4 rings (SSSR count). The van der Waals surface area contributed by atoms with E-state index in [0.29, 0.717) is 17.9 Å². The van der Waals surface area contributed by atoms with Crippen LogP contribution in [0.4, 0.5) is 5.82 Å². The van der Waals surface area contributed by atoms with Gasteiger partial charge in [0.2, 0.25) is 0 Å². The quantitative estimate of drug-likeness (QED) is 0.840. The molecule has 2 aliphatic heterocycles. The predicted octanol–water partition coefficient (Wildman–Crippen LogP) is 3.79. The molecule has 0 aliphatic carbocycles. The van der Waals surface area contributed by atoms with Gasteiger partial charge >= 0.3 is 0 Å². The third-order valence-electron chi connectivity index (χ3n) is 6.18. The van der Waals surface area contributed by atoms with Crippen molar-refractivity contribution >= 4 is 5.82 Å². The molecule has 0 amide bonds. The Labute approximate surface area is 157 Å². The van der Waals surface area contributed by atoms with E-state index in [1.165, 1.54) is 29.1 Å². The fourth-order valence-electron chi connectivity index (χ4n) is 5.02. The Morgan fingerprint density at radius 1 is 1.12 bits per heavy atom. The van der Waals surface area contributed by atoms with Crippen LogP contribution in [-0.4, -0.2) is 41.5 Å². The van der Waals surface area contributed by atoms with Crippen LogP contribution in [0.1, 0.15) is 41.9 Å². The number of hydrogen-bond donors (Lipinski definition) is 0. The fraction of sp³-hybridized carbons (Fsp3) is 0.545. The highest BCUT2D eigenvalue weighted by molar-refractivity contribution is 5.48. The monoisotopic (exact) mass is 350 g/mol. The third kappa shape index (κ3) is 3.01. The number of aromatic nitrogens is 2. The van der Waals surface area contributed by atoms with Gasteiger partial charge in [-0.3, -0.25) is 4.90 Å². The van der Waals surface area contributed by atoms with Gasteiger partial charge in [0.15, 0.2) is 0 Å². The van der Waals surface area contributed by atoms with Gasteiger partial charge in [-0.1, -0.05) is 37.6 Å². The number of fused-ring (bicyclic) bond motifs is 1. The van der Waals surface area contributed by atoms with E-state index < -0.39 is 0 Å². The summed E-state index contributed by atoms with van der Waals surface area (Å²) in [6.45, 7) is 9.86. The molecular formula is C22H30N4. The van der Waals surface area contributed by atoms with Crippen LogP contribution in [0.15, 0.2) is 30.5 Å². The molecule has 2 aliphatic rings. The van der Waals surface area contributed by atoms with E-state index in [-0.39, 0.29) is 0 Å². The van der Waals surface area contributed by atoms with Gasteiger partial charge < -0.3 is 4.90 Å². The minimum Gasteiger partial charge on any atom is -0.356 e. The molecule has 0 bridgehead atoms. The highest BCUT2D eigenvalue weighted by atomic mass is 15.3. The molecule has 1 aromatic carbocycles. The number of hydrogen-bond acceptors (Lipinski definition) is 4. The van der Waals surface area contributed by atoms with E-state index >= 15 is 0 Å². The highest BCUT2D eigenvalue weighted by Gasteiger charge is 2.47. The summed E-state index contributed by atoms with van der Waals surface area (Å²) in [7, 11) is 2.29. The molecule has 2 fully saturated rings. The van der Waals surface area contributed by atoms with E-state index in [0.717, 1.165) is 31.8 Å². The molecule has 4 nitrogen and oxygen atoms in total. The van der Waals surface area contributed by atoms with Crippen LogP contribution in [0.2, 0.25) is 0 Å². The molecule has 0 unspecified atom stereocenters. The maximum Gasteiger partial charge on any atom is 0.135 e. The van der Waals surface area contributed by atoms with Crippen LogP contribution in [0.25, 0.3) is 0 Å². The molecule has 2 saturated heterocycles. The molecule has 3 heterocycles. The van der Waals surface area contributed by atoms with Gasteiger partial charge in [-0.25, -0.2) is 9.97 Å². The minimum atomic E-state index is 0.517. The summed E-state index contributed by atoms with van der Waals surface area (Å²) >= 11 is 0. The van der Waals surface area contributed by atoms with Gasteiger partial charge in [-0.15, -0.1) is 0 Å². The Balaban J connectivity index is 1.63. The number of anilines is 1. The predicted molar refractivity (Wildman–Crippen MR) is 107 cm³/mol. The first-order chi connectivity index (χ1) is 12.6. The zero-order valence-electron chi connectivity index (χ0n) is 16.4. The summed E-state index contributed by atoms with van der Waals surface area (Å²) in [4.78, 5) is 14.4.